The number of rotatable bonds is 9. The van der Waals surface area contributed by atoms with Gasteiger partial charge in [0, 0.05) is 34.2 Å². The van der Waals surface area contributed by atoms with Crippen molar-refractivity contribution >= 4 is 11.9 Å². The third-order valence-electron chi connectivity index (χ3n) is 4.95. The standard InChI is InChI=1S/C21H34FN5O2/c1-16(29-19-11-6-5-9-17(19)22)15-25-21(23-2)24-12-8-14-27-13-7-10-18(27)20(28)26(3)4/h5-6,9,11,16,18H,7-8,10,12-15H2,1-4H3,(H2,23,24,25). The molecule has 2 rings (SSSR count). The zero-order chi connectivity index (χ0) is 21.2. The fourth-order valence-corrected chi connectivity index (χ4v) is 3.42. The van der Waals surface area contributed by atoms with Crippen LogP contribution in [-0.4, -0.2) is 81.1 Å². The third kappa shape index (κ3) is 7.20. The summed E-state index contributed by atoms with van der Waals surface area (Å²) in [6.45, 7) is 4.98. The summed E-state index contributed by atoms with van der Waals surface area (Å²) in [5.41, 5.74) is 0. The fourth-order valence-electron chi connectivity index (χ4n) is 3.42. The van der Waals surface area contributed by atoms with Crippen LogP contribution in [0.3, 0.4) is 0 Å². The molecule has 0 aromatic heterocycles. The molecule has 1 heterocycles. The van der Waals surface area contributed by atoms with Gasteiger partial charge in [-0.15, -0.1) is 0 Å². The molecule has 8 heteroatoms. The number of para-hydroxylation sites is 1. The molecule has 0 spiro atoms. The first kappa shape index (κ1) is 22.9. The Balaban J connectivity index is 1.67. The van der Waals surface area contributed by atoms with E-state index >= 15 is 0 Å². The largest absolute Gasteiger partial charge is 0.486 e. The molecule has 1 aromatic carbocycles. The summed E-state index contributed by atoms with van der Waals surface area (Å²) in [5, 5.41) is 6.47. The van der Waals surface area contributed by atoms with Crippen LogP contribution in [0.15, 0.2) is 29.3 Å². The first-order valence-electron chi connectivity index (χ1n) is 10.2. The van der Waals surface area contributed by atoms with Crippen LogP contribution in [0.4, 0.5) is 4.39 Å². The Bertz CT molecular complexity index is 683. The van der Waals surface area contributed by atoms with Gasteiger partial charge >= 0.3 is 0 Å². The smallest absolute Gasteiger partial charge is 0.239 e. The molecule has 0 radical (unpaired) electrons. The number of ether oxygens (including phenoxy) is 1. The van der Waals surface area contributed by atoms with Crippen molar-refractivity contribution in [1.29, 1.82) is 0 Å². The Labute approximate surface area is 173 Å². The number of likely N-dealkylation sites (tertiary alicyclic amines) is 1. The molecule has 0 aliphatic carbocycles. The van der Waals surface area contributed by atoms with Crippen LogP contribution in [0.1, 0.15) is 26.2 Å². The molecule has 1 aliphatic heterocycles. The van der Waals surface area contributed by atoms with E-state index in [4.69, 9.17) is 4.74 Å². The van der Waals surface area contributed by atoms with Gasteiger partial charge in [-0.3, -0.25) is 14.7 Å². The van der Waals surface area contributed by atoms with Gasteiger partial charge in [-0.1, -0.05) is 12.1 Å². The average Bonchev–Trinajstić information content (AvgIpc) is 3.17. The molecule has 1 aliphatic rings. The molecule has 0 saturated carbocycles. The van der Waals surface area contributed by atoms with Crippen molar-refractivity contribution < 1.29 is 13.9 Å². The van der Waals surface area contributed by atoms with Crippen molar-refractivity contribution in [3.63, 3.8) is 0 Å². The minimum atomic E-state index is -0.366. The monoisotopic (exact) mass is 407 g/mol. The second kappa shape index (κ2) is 11.6. The van der Waals surface area contributed by atoms with Crippen molar-refractivity contribution in [2.45, 2.75) is 38.3 Å². The number of guanidine groups is 1. The Morgan fingerprint density at radius 3 is 2.83 bits per heavy atom. The molecule has 1 amide bonds. The van der Waals surface area contributed by atoms with E-state index in [1.54, 1.807) is 30.1 Å². The van der Waals surface area contributed by atoms with Crippen molar-refractivity contribution in [3.05, 3.63) is 30.1 Å². The van der Waals surface area contributed by atoms with Gasteiger partial charge in [0.15, 0.2) is 17.5 Å². The first-order valence-corrected chi connectivity index (χ1v) is 10.2. The van der Waals surface area contributed by atoms with Crippen LogP contribution in [0.5, 0.6) is 5.75 Å². The highest BCUT2D eigenvalue weighted by molar-refractivity contribution is 5.81. The highest BCUT2D eigenvalue weighted by atomic mass is 19.1. The molecular weight excluding hydrogens is 373 g/mol. The van der Waals surface area contributed by atoms with E-state index in [0.29, 0.717) is 12.5 Å². The SMILES string of the molecule is CN=C(NCCCN1CCCC1C(=O)N(C)C)NCC(C)Oc1ccccc1F. The minimum Gasteiger partial charge on any atom is -0.486 e. The van der Waals surface area contributed by atoms with Gasteiger partial charge < -0.3 is 20.3 Å². The van der Waals surface area contributed by atoms with Crippen molar-refractivity contribution in [3.8, 4) is 5.75 Å². The topological polar surface area (TPSA) is 69.2 Å². The molecule has 2 unspecified atom stereocenters. The Hall–Kier alpha value is -2.35. The third-order valence-corrected chi connectivity index (χ3v) is 4.95. The van der Waals surface area contributed by atoms with Crippen molar-refractivity contribution in [2.24, 2.45) is 4.99 Å². The first-order chi connectivity index (χ1) is 13.9. The van der Waals surface area contributed by atoms with E-state index in [1.165, 1.54) is 6.07 Å². The summed E-state index contributed by atoms with van der Waals surface area (Å²) in [4.78, 5) is 20.4. The number of hydrogen-bond donors (Lipinski definition) is 2. The quantitative estimate of drug-likeness (QED) is 0.371. The normalized spacial score (nSPS) is 18.4. The predicted molar refractivity (Wildman–Crippen MR) is 114 cm³/mol. The number of aliphatic imine (C=N–C) groups is 1. The van der Waals surface area contributed by atoms with Crippen LogP contribution in [0, 0.1) is 5.82 Å². The van der Waals surface area contributed by atoms with Crippen LogP contribution in [0.2, 0.25) is 0 Å². The van der Waals surface area contributed by atoms with Gasteiger partial charge in [0.25, 0.3) is 0 Å². The Kier molecular flexibility index (Phi) is 9.18. The van der Waals surface area contributed by atoms with Crippen LogP contribution < -0.4 is 15.4 Å². The molecule has 2 N–H and O–H groups in total. The Morgan fingerprint density at radius 1 is 1.38 bits per heavy atom. The lowest BCUT2D eigenvalue weighted by Crippen LogP contribution is -2.44. The van der Waals surface area contributed by atoms with Crippen LogP contribution in [0.25, 0.3) is 0 Å². The summed E-state index contributed by atoms with van der Waals surface area (Å²) in [7, 11) is 5.34. The molecule has 1 fully saturated rings. The summed E-state index contributed by atoms with van der Waals surface area (Å²) in [6, 6.07) is 6.39. The maximum atomic E-state index is 13.7. The molecule has 7 nitrogen and oxygen atoms in total. The number of nitrogens with one attached hydrogen (secondary N) is 2. The van der Waals surface area contributed by atoms with E-state index in [2.05, 4.69) is 20.5 Å². The predicted octanol–water partition coefficient (Wildman–Crippen LogP) is 1.70. The van der Waals surface area contributed by atoms with E-state index in [1.807, 2.05) is 21.0 Å². The van der Waals surface area contributed by atoms with Gasteiger partial charge in [-0.25, -0.2) is 4.39 Å². The average molecular weight is 408 g/mol. The number of carbonyl (C=O) groups is 1. The summed E-state index contributed by atoms with van der Waals surface area (Å²) in [5.74, 6) is 0.750. The molecular formula is C21H34FN5O2. The number of benzene rings is 1. The van der Waals surface area contributed by atoms with Crippen LogP contribution >= 0.6 is 0 Å². The maximum Gasteiger partial charge on any atom is 0.239 e. The minimum absolute atomic E-state index is 0.0128. The number of likely N-dealkylation sites (N-methyl/N-ethyl adjacent to an activating group) is 1. The lowest BCUT2D eigenvalue weighted by Gasteiger charge is -2.26. The van der Waals surface area contributed by atoms with Crippen LogP contribution in [-0.2, 0) is 4.79 Å². The highest BCUT2D eigenvalue weighted by Crippen LogP contribution is 2.19. The number of hydrogen-bond acceptors (Lipinski definition) is 4. The molecule has 0 bridgehead atoms. The van der Waals surface area contributed by atoms with Gasteiger partial charge in [-0.2, -0.15) is 0 Å². The molecule has 162 valence electrons. The lowest BCUT2D eigenvalue weighted by molar-refractivity contribution is -0.133. The summed E-state index contributed by atoms with van der Waals surface area (Å²) in [6.07, 6.45) is 2.71. The summed E-state index contributed by atoms with van der Waals surface area (Å²) >= 11 is 0. The van der Waals surface area contributed by atoms with Crippen molar-refractivity contribution in [1.82, 2.24) is 20.4 Å². The number of halogens is 1. The number of carbonyl (C=O) groups excluding carboxylic acids is 1. The fraction of sp³-hybridized carbons (Fsp3) is 0.619. The highest BCUT2D eigenvalue weighted by Gasteiger charge is 2.30. The van der Waals surface area contributed by atoms with Gasteiger partial charge in [0.05, 0.1) is 12.6 Å². The lowest BCUT2D eigenvalue weighted by atomic mass is 10.2. The molecule has 29 heavy (non-hydrogen) atoms. The summed E-state index contributed by atoms with van der Waals surface area (Å²) < 4.78 is 19.3. The zero-order valence-electron chi connectivity index (χ0n) is 17.9. The molecule has 1 saturated heterocycles. The van der Waals surface area contributed by atoms with Gasteiger partial charge in [0.1, 0.15) is 6.10 Å². The maximum absolute atomic E-state index is 13.7. The number of amides is 1. The van der Waals surface area contributed by atoms with E-state index < -0.39 is 0 Å². The molecule has 2 atom stereocenters. The number of nitrogens with zero attached hydrogens (tertiary/aromatic N) is 3. The van der Waals surface area contributed by atoms with E-state index in [-0.39, 0.29) is 29.6 Å². The Morgan fingerprint density at radius 2 is 2.14 bits per heavy atom. The van der Waals surface area contributed by atoms with E-state index in [9.17, 15) is 9.18 Å². The molecule has 1 aromatic rings. The van der Waals surface area contributed by atoms with E-state index in [0.717, 1.165) is 38.9 Å². The zero-order valence-corrected chi connectivity index (χ0v) is 17.9. The van der Waals surface area contributed by atoms with Gasteiger partial charge in [0.2, 0.25) is 5.91 Å². The second-order valence-corrected chi connectivity index (χ2v) is 7.52. The van der Waals surface area contributed by atoms with Gasteiger partial charge in [-0.05, 0) is 44.9 Å². The second-order valence-electron chi connectivity index (χ2n) is 7.52. The van der Waals surface area contributed by atoms with Crippen molar-refractivity contribution in [2.75, 3.05) is 47.3 Å².